The molecule has 6 nitrogen and oxygen atoms in total. The minimum Gasteiger partial charge on any atom is -0.493 e. The van der Waals surface area contributed by atoms with Gasteiger partial charge in [0.2, 0.25) is 0 Å². The molecule has 0 unspecified atom stereocenters. The van der Waals surface area contributed by atoms with Crippen LogP contribution < -0.4 is 14.8 Å². The summed E-state index contributed by atoms with van der Waals surface area (Å²) in [6.07, 6.45) is 3.58. The normalized spacial score (nSPS) is 10.7. The van der Waals surface area contributed by atoms with Crippen LogP contribution in [0.15, 0.2) is 66.7 Å². The molecule has 2 aromatic carbocycles. The first-order valence-electron chi connectivity index (χ1n) is 8.94. The lowest BCUT2D eigenvalue weighted by molar-refractivity contribution is 0.102. The first-order valence-corrected chi connectivity index (χ1v) is 9.82. The summed E-state index contributed by atoms with van der Waals surface area (Å²) in [6.45, 7) is 3.98. The molecule has 0 aliphatic heterocycles. The Balaban J connectivity index is 1.53. The van der Waals surface area contributed by atoms with Crippen LogP contribution in [-0.2, 0) is 0 Å². The van der Waals surface area contributed by atoms with E-state index in [1.807, 2.05) is 35.8 Å². The predicted molar refractivity (Wildman–Crippen MR) is 116 cm³/mol. The lowest BCUT2D eigenvalue weighted by Gasteiger charge is -2.10. The smallest absolute Gasteiger partial charge is 0.257 e. The van der Waals surface area contributed by atoms with Gasteiger partial charge in [-0.2, -0.15) is 0 Å². The molecule has 0 fully saturated rings. The number of carbonyl (C=O) groups excluding carboxylic acids is 1. The summed E-state index contributed by atoms with van der Waals surface area (Å²) in [7, 11) is 1.53. The van der Waals surface area contributed by atoms with Crippen LogP contribution in [0.1, 0.15) is 10.4 Å². The van der Waals surface area contributed by atoms with Gasteiger partial charge >= 0.3 is 0 Å². The number of nitrogens with one attached hydrogen (secondary N) is 2. The van der Waals surface area contributed by atoms with Crippen LogP contribution in [0.5, 0.6) is 11.5 Å². The van der Waals surface area contributed by atoms with Crippen molar-refractivity contribution in [3.05, 3.63) is 72.3 Å². The van der Waals surface area contributed by atoms with E-state index in [4.69, 9.17) is 9.47 Å². The first kappa shape index (κ1) is 18.8. The molecule has 0 aliphatic carbocycles. The van der Waals surface area contributed by atoms with E-state index >= 15 is 0 Å². The molecule has 2 N–H and O–H groups in total. The fourth-order valence-electron chi connectivity index (χ4n) is 2.98. The Hall–Kier alpha value is -3.58. The summed E-state index contributed by atoms with van der Waals surface area (Å²) in [4.78, 5) is 20.5. The molecule has 29 heavy (non-hydrogen) atoms. The highest BCUT2D eigenvalue weighted by atomic mass is 32.1. The molecular weight excluding hydrogens is 386 g/mol. The van der Waals surface area contributed by atoms with Crippen molar-refractivity contribution in [1.29, 1.82) is 0 Å². The van der Waals surface area contributed by atoms with E-state index in [9.17, 15) is 4.79 Å². The van der Waals surface area contributed by atoms with Crippen molar-refractivity contribution >= 4 is 33.3 Å². The van der Waals surface area contributed by atoms with Crippen LogP contribution in [0, 0.1) is 0 Å². The quantitative estimate of drug-likeness (QED) is 0.419. The summed E-state index contributed by atoms with van der Waals surface area (Å²) in [5.74, 6) is 0.774. The molecule has 4 rings (SSSR count). The zero-order chi connectivity index (χ0) is 20.2. The van der Waals surface area contributed by atoms with Gasteiger partial charge in [-0.05, 0) is 24.3 Å². The number of methoxy groups -OCH3 is 1. The second-order valence-electron chi connectivity index (χ2n) is 6.21. The van der Waals surface area contributed by atoms with E-state index in [1.165, 1.54) is 18.4 Å². The monoisotopic (exact) mass is 405 g/mol. The minimum absolute atomic E-state index is 0.265. The number of H-pyrrole nitrogens is 1. The first-order chi connectivity index (χ1) is 14.2. The van der Waals surface area contributed by atoms with E-state index < -0.39 is 0 Å². The van der Waals surface area contributed by atoms with E-state index in [0.717, 1.165) is 22.2 Å². The van der Waals surface area contributed by atoms with E-state index in [-0.39, 0.29) is 5.91 Å². The van der Waals surface area contributed by atoms with E-state index in [1.54, 1.807) is 24.3 Å². The molecule has 2 heterocycles. The fourth-order valence-corrected chi connectivity index (χ4v) is 3.69. The zero-order valence-corrected chi connectivity index (χ0v) is 16.6. The number of ether oxygens (including phenoxy) is 2. The standard InChI is InChI=1S/C22H19N3O3S/c1-3-10-28-19-9-8-14(11-20(19)27-2)21(26)25-22-24-18(13-29-22)16-12-23-17-7-5-4-6-15(16)17/h3-9,11-13,23H,1,10H2,2H3,(H,24,25,26). The summed E-state index contributed by atoms with van der Waals surface area (Å²) in [5, 5.41) is 6.40. The van der Waals surface area contributed by atoms with Gasteiger partial charge in [-0.1, -0.05) is 30.9 Å². The lowest BCUT2D eigenvalue weighted by Crippen LogP contribution is -2.12. The molecule has 0 aliphatic rings. The number of aromatic amines is 1. The molecule has 7 heteroatoms. The Morgan fingerprint density at radius 3 is 2.97 bits per heavy atom. The fraction of sp³-hybridized carbons (Fsp3) is 0.0909. The van der Waals surface area contributed by atoms with Gasteiger partial charge in [0, 0.05) is 33.6 Å². The number of benzene rings is 2. The number of anilines is 1. The van der Waals surface area contributed by atoms with Crippen LogP contribution in [0.25, 0.3) is 22.2 Å². The van der Waals surface area contributed by atoms with Gasteiger partial charge in [0.15, 0.2) is 16.6 Å². The van der Waals surface area contributed by atoms with Crippen molar-refractivity contribution in [2.75, 3.05) is 19.0 Å². The lowest BCUT2D eigenvalue weighted by atomic mass is 10.1. The largest absolute Gasteiger partial charge is 0.493 e. The molecule has 1 amide bonds. The highest BCUT2D eigenvalue weighted by molar-refractivity contribution is 7.14. The van der Waals surface area contributed by atoms with Crippen molar-refractivity contribution in [3.63, 3.8) is 0 Å². The summed E-state index contributed by atoms with van der Waals surface area (Å²) >= 11 is 1.38. The number of thiazole rings is 1. The zero-order valence-electron chi connectivity index (χ0n) is 15.8. The number of fused-ring (bicyclic) bond motifs is 1. The molecular formula is C22H19N3O3S. The van der Waals surface area contributed by atoms with E-state index in [2.05, 4.69) is 21.9 Å². The molecule has 0 saturated heterocycles. The second-order valence-corrected chi connectivity index (χ2v) is 7.06. The highest BCUT2D eigenvalue weighted by Crippen LogP contribution is 2.32. The maximum atomic E-state index is 12.7. The van der Waals surface area contributed by atoms with Crippen LogP contribution >= 0.6 is 11.3 Å². The SMILES string of the molecule is C=CCOc1ccc(C(=O)Nc2nc(-c3c[nH]c4ccccc34)cs2)cc1OC. The van der Waals surface area contributed by atoms with Gasteiger partial charge in [-0.15, -0.1) is 11.3 Å². The Labute approximate surface area is 171 Å². The number of para-hydroxylation sites is 1. The Morgan fingerprint density at radius 2 is 2.14 bits per heavy atom. The molecule has 2 aromatic heterocycles. The van der Waals surface area contributed by atoms with Crippen LogP contribution in [0.2, 0.25) is 0 Å². The average molecular weight is 405 g/mol. The maximum Gasteiger partial charge on any atom is 0.257 e. The third kappa shape index (κ3) is 3.86. The molecule has 4 aromatic rings. The number of amides is 1. The summed E-state index contributed by atoms with van der Waals surface area (Å²) in [5.41, 5.74) is 3.32. The number of hydrogen-bond acceptors (Lipinski definition) is 5. The van der Waals surface area contributed by atoms with Crippen LogP contribution in [-0.4, -0.2) is 29.6 Å². The third-order valence-corrected chi connectivity index (χ3v) is 5.13. The number of carbonyl (C=O) groups is 1. The van der Waals surface area contributed by atoms with Crippen molar-refractivity contribution in [3.8, 4) is 22.8 Å². The molecule has 0 saturated carbocycles. The Morgan fingerprint density at radius 1 is 1.28 bits per heavy atom. The molecule has 0 atom stereocenters. The van der Waals surface area contributed by atoms with Gasteiger partial charge in [0.05, 0.1) is 12.8 Å². The van der Waals surface area contributed by atoms with Gasteiger partial charge in [-0.25, -0.2) is 4.98 Å². The maximum absolute atomic E-state index is 12.7. The van der Waals surface area contributed by atoms with Gasteiger partial charge in [0.25, 0.3) is 5.91 Å². The molecule has 0 bridgehead atoms. The molecule has 0 spiro atoms. The topological polar surface area (TPSA) is 76.2 Å². The summed E-state index contributed by atoms with van der Waals surface area (Å²) in [6, 6.07) is 13.1. The number of aromatic nitrogens is 2. The number of hydrogen-bond donors (Lipinski definition) is 2. The molecule has 146 valence electrons. The van der Waals surface area contributed by atoms with Crippen molar-refractivity contribution in [2.45, 2.75) is 0 Å². The van der Waals surface area contributed by atoms with Crippen LogP contribution in [0.4, 0.5) is 5.13 Å². The molecule has 0 radical (unpaired) electrons. The van der Waals surface area contributed by atoms with Crippen molar-refractivity contribution < 1.29 is 14.3 Å². The van der Waals surface area contributed by atoms with Crippen molar-refractivity contribution in [1.82, 2.24) is 9.97 Å². The minimum atomic E-state index is -0.265. The van der Waals surface area contributed by atoms with Gasteiger partial charge in [0.1, 0.15) is 6.61 Å². The third-order valence-electron chi connectivity index (χ3n) is 4.37. The van der Waals surface area contributed by atoms with E-state index in [0.29, 0.717) is 28.8 Å². The summed E-state index contributed by atoms with van der Waals surface area (Å²) < 4.78 is 10.8. The number of rotatable bonds is 7. The second kappa shape index (κ2) is 8.20. The van der Waals surface area contributed by atoms with Crippen molar-refractivity contribution in [2.24, 2.45) is 0 Å². The average Bonchev–Trinajstić information content (AvgIpc) is 3.38. The Bertz CT molecular complexity index is 1180. The highest BCUT2D eigenvalue weighted by Gasteiger charge is 2.14. The Kier molecular flexibility index (Phi) is 5.31. The van der Waals surface area contributed by atoms with Crippen LogP contribution in [0.3, 0.4) is 0 Å². The number of nitrogens with zero attached hydrogens (tertiary/aromatic N) is 1. The van der Waals surface area contributed by atoms with Gasteiger partial charge in [-0.3, -0.25) is 10.1 Å². The van der Waals surface area contributed by atoms with Gasteiger partial charge < -0.3 is 14.5 Å². The predicted octanol–water partition coefficient (Wildman–Crippen LogP) is 5.12.